The Labute approximate surface area is 197 Å². The standard InChI is InChI=1S/C29H33N3O/c1-3-15-31(16-4-2)24-17-23-20-32(29(33)21-9-6-5-7-10-21)27-13-12-25(26(18-24)28(23)27)22-11-8-14-30-19-22/h5-14,19,23-24H,3-4,15-18,20H2,1-2H3/t23-,24-/m0/s1. The van der Waals surface area contributed by atoms with Crippen LogP contribution in [0.3, 0.4) is 0 Å². The molecule has 2 heterocycles. The molecule has 4 nitrogen and oxygen atoms in total. The lowest BCUT2D eigenvalue weighted by molar-refractivity contribution is 0.0986. The van der Waals surface area contributed by atoms with Gasteiger partial charge in [0.05, 0.1) is 0 Å². The molecule has 1 aliphatic carbocycles. The second-order valence-electron chi connectivity index (χ2n) is 9.37. The van der Waals surface area contributed by atoms with E-state index in [4.69, 9.17) is 0 Å². The van der Waals surface area contributed by atoms with Gasteiger partial charge in [0.25, 0.3) is 5.91 Å². The summed E-state index contributed by atoms with van der Waals surface area (Å²) in [6.07, 6.45) is 8.30. The lowest BCUT2D eigenvalue weighted by Gasteiger charge is -2.38. The highest BCUT2D eigenvalue weighted by Gasteiger charge is 2.41. The fraction of sp³-hybridized carbons (Fsp3) is 0.379. The normalized spacial score (nSPS) is 19.1. The maximum atomic E-state index is 13.5. The van der Waals surface area contributed by atoms with E-state index in [1.807, 2.05) is 53.7 Å². The maximum Gasteiger partial charge on any atom is 0.258 e. The van der Waals surface area contributed by atoms with E-state index in [1.54, 1.807) is 0 Å². The fourth-order valence-electron chi connectivity index (χ4n) is 5.86. The largest absolute Gasteiger partial charge is 0.307 e. The van der Waals surface area contributed by atoms with Crippen molar-refractivity contribution in [3.63, 3.8) is 0 Å². The third-order valence-corrected chi connectivity index (χ3v) is 7.21. The molecular weight excluding hydrogens is 406 g/mol. The first-order chi connectivity index (χ1) is 16.2. The molecule has 1 aliphatic heterocycles. The summed E-state index contributed by atoms with van der Waals surface area (Å²) in [6, 6.07) is 18.8. The van der Waals surface area contributed by atoms with Crippen LogP contribution in [0.25, 0.3) is 11.1 Å². The fourth-order valence-corrected chi connectivity index (χ4v) is 5.86. The Kier molecular flexibility index (Phi) is 6.28. The van der Waals surface area contributed by atoms with E-state index >= 15 is 0 Å². The average Bonchev–Trinajstić information content (AvgIpc) is 3.24. The minimum Gasteiger partial charge on any atom is -0.307 e. The molecule has 0 fully saturated rings. The predicted molar refractivity (Wildman–Crippen MR) is 135 cm³/mol. The number of carbonyl (C=O) groups excluding carboxylic acids is 1. The number of pyridine rings is 1. The van der Waals surface area contributed by atoms with Crippen LogP contribution in [0.5, 0.6) is 0 Å². The minimum atomic E-state index is 0.108. The van der Waals surface area contributed by atoms with Crippen LogP contribution < -0.4 is 4.90 Å². The lowest BCUT2D eigenvalue weighted by Crippen LogP contribution is -2.41. The highest BCUT2D eigenvalue weighted by Crippen LogP contribution is 2.48. The number of benzene rings is 2. The van der Waals surface area contributed by atoms with Crippen molar-refractivity contribution in [1.29, 1.82) is 0 Å². The van der Waals surface area contributed by atoms with Gasteiger partial charge in [-0.15, -0.1) is 0 Å². The Morgan fingerprint density at radius 1 is 1.03 bits per heavy atom. The van der Waals surface area contributed by atoms with Crippen LogP contribution in [0.15, 0.2) is 67.0 Å². The van der Waals surface area contributed by atoms with Crippen LogP contribution in [0.2, 0.25) is 0 Å². The Bertz CT molecular complexity index is 1110. The number of nitrogens with zero attached hydrogens (tertiary/aromatic N) is 3. The van der Waals surface area contributed by atoms with Crippen LogP contribution in [0, 0.1) is 0 Å². The number of amides is 1. The summed E-state index contributed by atoms with van der Waals surface area (Å²) in [4.78, 5) is 22.6. The quantitative estimate of drug-likeness (QED) is 0.458. The summed E-state index contributed by atoms with van der Waals surface area (Å²) in [6.45, 7) is 7.59. The van der Waals surface area contributed by atoms with Gasteiger partial charge in [-0.3, -0.25) is 9.78 Å². The zero-order chi connectivity index (χ0) is 22.8. The summed E-state index contributed by atoms with van der Waals surface area (Å²) in [5.41, 5.74) is 7.12. The van der Waals surface area contributed by atoms with E-state index < -0.39 is 0 Å². The molecule has 0 bridgehead atoms. The number of carbonyl (C=O) groups is 1. The molecule has 3 aromatic rings. The minimum absolute atomic E-state index is 0.108. The Morgan fingerprint density at radius 2 is 1.82 bits per heavy atom. The first-order valence-corrected chi connectivity index (χ1v) is 12.4. The van der Waals surface area contributed by atoms with E-state index in [0.29, 0.717) is 12.0 Å². The van der Waals surface area contributed by atoms with Crippen LogP contribution in [-0.2, 0) is 6.42 Å². The van der Waals surface area contributed by atoms with Crippen molar-refractivity contribution in [3.8, 4) is 11.1 Å². The van der Waals surface area contributed by atoms with Crippen LogP contribution in [0.1, 0.15) is 60.5 Å². The van der Waals surface area contributed by atoms with Gasteiger partial charge in [-0.05, 0) is 79.7 Å². The molecule has 1 amide bonds. The Hall–Kier alpha value is -2.98. The van der Waals surface area contributed by atoms with Crippen molar-refractivity contribution in [2.75, 3.05) is 24.5 Å². The van der Waals surface area contributed by atoms with Crippen molar-refractivity contribution in [3.05, 3.63) is 83.7 Å². The molecule has 0 saturated carbocycles. The molecule has 0 radical (unpaired) electrons. The van der Waals surface area contributed by atoms with Gasteiger partial charge in [0, 0.05) is 47.7 Å². The van der Waals surface area contributed by atoms with Crippen LogP contribution in [-0.4, -0.2) is 41.5 Å². The monoisotopic (exact) mass is 439 g/mol. The smallest absolute Gasteiger partial charge is 0.258 e. The molecular formula is C29H33N3O. The molecule has 0 saturated heterocycles. The van der Waals surface area contributed by atoms with Crippen LogP contribution >= 0.6 is 0 Å². The molecule has 170 valence electrons. The first-order valence-electron chi connectivity index (χ1n) is 12.4. The zero-order valence-electron chi connectivity index (χ0n) is 19.7. The van der Waals surface area contributed by atoms with Gasteiger partial charge < -0.3 is 9.80 Å². The molecule has 33 heavy (non-hydrogen) atoms. The Balaban J connectivity index is 1.58. The molecule has 2 aromatic carbocycles. The number of rotatable bonds is 7. The predicted octanol–water partition coefficient (Wildman–Crippen LogP) is 5.93. The van der Waals surface area contributed by atoms with E-state index in [0.717, 1.165) is 43.7 Å². The van der Waals surface area contributed by atoms with Crippen LogP contribution in [0.4, 0.5) is 5.69 Å². The van der Waals surface area contributed by atoms with E-state index in [2.05, 4.69) is 41.9 Å². The number of hydrogen-bond acceptors (Lipinski definition) is 3. The van der Waals surface area contributed by atoms with Gasteiger partial charge in [-0.1, -0.05) is 44.2 Å². The van der Waals surface area contributed by atoms with Crippen molar-refractivity contribution >= 4 is 11.6 Å². The van der Waals surface area contributed by atoms with Gasteiger partial charge in [0.1, 0.15) is 0 Å². The highest BCUT2D eigenvalue weighted by atomic mass is 16.2. The summed E-state index contributed by atoms with van der Waals surface area (Å²) >= 11 is 0. The van der Waals surface area contributed by atoms with E-state index in [1.165, 1.54) is 35.1 Å². The maximum absolute atomic E-state index is 13.5. The number of anilines is 1. The molecule has 4 heteroatoms. The second-order valence-corrected chi connectivity index (χ2v) is 9.37. The van der Waals surface area contributed by atoms with Crippen molar-refractivity contribution in [1.82, 2.24) is 9.88 Å². The summed E-state index contributed by atoms with van der Waals surface area (Å²) in [5.74, 6) is 0.492. The molecule has 5 rings (SSSR count). The summed E-state index contributed by atoms with van der Waals surface area (Å²) in [7, 11) is 0. The highest BCUT2D eigenvalue weighted by molar-refractivity contribution is 6.08. The second kappa shape index (κ2) is 9.48. The van der Waals surface area contributed by atoms with E-state index in [9.17, 15) is 4.79 Å². The summed E-state index contributed by atoms with van der Waals surface area (Å²) in [5, 5.41) is 0. The van der Waals surface area contributed by atoms with Gasteiger partial charge in [0.15, 0.2) is 0 Å². The molecule has 0 spiro atoms. The molecule has 1 aromatic heterocycles. The van der Waals surface area contributed by atoms with Crippen molar-refractivity contribution in [2.24, 2.45) is 0 Å². The SMILES string of the molecule is CCCN(CCC)[C@@H]1Cc2c(-c3cccnc3)ccc3c2[C@@H](C1)CN3C(=O)c1ccccc1. The van der Waals surface area contributed by atoms with Gasteiger partial charge in [-0.2, -0.15) is 0 Å². The average molecular weight is 440 g/mol. The van der Waals surface area contributed by atoms with Gasteiger partial charge >= 0.3 is 0 Å². The number of hydrogen-bond donors (Lipinski definition) is 0. The third-order valence-electron chi connectivity index (χ3n) is 7.21. The zero-order valence-corrected chi connectivity index (χ0v) is 19.7. The van der Waals surface area contributed by atoms with Crippen molar-refractivity contribution < 1.29 is 4.79 Å². The molecule has 0 unspecified atom stereocenters. The molecule has 2 aliphatic rings. The topological polar surface area (TPSA) is 36.4 Å². The molecule has 0 N–H and O–H groups in total. The van der Waals surface area contributed by atoms with Gasteiger partial charge in [-0.25, -0.2) is 0 Å². The van der Waals surface area contributed by atoms with E-state index in [-0.39, 0.29) is 5.91 Å². The molecule has 2 atom stereocenters. The first kappa shape index (κ1) is 21.8. The van der Waals surface area contributed by atoms with Gasteiger partial charge in [0.2, 0.25) is 0 Å². The third kappa shape index (κ3) is 4.08. The van der Waals surface area contributed by atoms with Crippen molar-refractivity contribution in [2.45, 2.75) is 51.5 Å². The number of aromatic nitrogens is 1. The summed E-state index contributed by atoms with van der Waals surface area (Å²) < 4.78 is 0. The lowest BCUT2D eigenvalue weighted by atomic mass is 9.77. The Morgan fingerprint density at radius 3 is 2.52 bits per heavy atom.